The minimum Gasteiger partial charge on any atom is -0.391 e. The van der Waals surface area contributed by atoms with Crippen molar-refractivity contribution < 1.29 is 23.5 Å². The molecule has 0 spiro atoms. The van der Waals surface area contributed by atoms with Crippen molar-refractivity contribution in [2.75, 3.05) is 11.9 Å². The van der Waals surface area contributed by atoms with E-state index in [2.05, 4.69) is 10.6 Å². The third-order valence-electron chi connectivity index (χ3n) is 4.05. The summed E-state index contributed by atoms with van der Waals surface area (Å²) in [4.78, 5) is 23.4. The number of amides is 2. The molecule has 1 fully saturated rings. The lowest BCUT2D eigenvalue weighted by atomic mass is 9.85. The summed E-state index contributed by atoms with van der Waals surface area (Å²) in [5.74, 6) is -3.94. The first-order chi connectivity index (χ1) is 11.0. The number of aliphatic hydroxyl groups excluding tert-OH is 1. The van der Waals surface area contributed by atoms with Gasteiger partial charge in [0.05, 0.1) is 6.10 Å². The van der Waals surface area contributed by atoms with Crippen LogP contribution in [-0.2, 0) is 9.59 Å². The molecule has 0 unspecified atom stereocenters. The molecule has 7 heteroatoms. The average molecular weight is 326 g/mol. The molecule has 0 radical (unpaired) electrons. The molecule has 1 aromatic carbocycles. The van der Waals surface area contributed by atoms with Crippen molar-refractivity contribution in [3.05, 3.63) is 29.8 Å². The number of aliphatic hydroxyl groups is 1. The van der Waals surface area contributed by atoms with Crippen LogP contribution in [0.5, 0.6) is 0 Å². The van der Waals surface area contributed by atoms with E-state index in [9.17, 15) is 23.5 Å². The summed E-state index contributed by atoms with van der Waals surface area (Å²) in [6.07, 6.45) is 4.43. The van der Waals surface area contributed by atoms with Crippen LogP contribution in [0.15, 0.2) is 18.2 Å². The third kappa shape index (κ3) is 4.99. The largest absolute Gasteiger partial charge is 0.391 e. The molecule has 2 rings (SSSR count). The summed E-state index contributed by atoms with van der Waals surface area (Å²) in [5.41, 5.74) is -0.0168. The van der Waals surface area contributed by atoms with E-state index in [4.69, 9.17) is 0 Å². The molecule has 126 valence electrons. The standard InChI is InChI=1S/C16H20F2N2O3/c17-12-7-6-11(8-13(12)18)20-16(23)15(22)19-9-14(21)10-4-2-1-3-5-10/h6-8,10,14,21H,1-5,9H2,(H,19,22)(H,20,23)/t14-/m1/s1. The first-order valence-corrected chi connectivity index (χ1v) is 7.69. The zero-order chi connectivity index (χ0) is 16.8. The van der Waals surface area contributed by atoms with E-state index >= 15 is 0 Å². The fourth-order valence-corrected chi connectivity index (χ4v) is 2.72. The maximum Gasteiger partial charge on any atom is 0.313 e. The Hall–Kier alpha value is -2.02. The van der Waals surface area contributed by atoms with Gasteiger partial charge in [-0.15, -0.1) is 0 Å². The molecule has 1 saturated carbocycles. The Balaban J connectivity index is 1.80. The summed E-state index contributed by atoms with van der Waals surface area (Å²) >= 11 is 0. The van der Waals surface area contributed by atoms with E-state index in [0.717, 1.165) is 50.3 Å². The van der Waals surface area contributed by atoms with Crippen LogP contribution in [-0.4, -0.2) is 29.6 Å². The van der Waals surface area contributed by atoms with Gasteiger partial charge in [-0.05, 0) is 30.9 Å². The molecule has 1 atom stereocenters. The number of hydrogen-bond acceptors (Lipinski definition) is 3. The van der Waals surface area contributed by atoms with Crippen LogP contribution < -0.4 is 10.6 Å². The van der Waals surface area contributed by atoms with Crippen LogP contribution in [0.3, 0.4) is 0 Å². The van der Waals surface area contributed by atoms with Crippen molar-refractivity contribution in [1.29, 1.82) is 0 Å². The lowest BCUT2D eigenvalue weighted by Gasteiger charge is -2.26. The molecule has 0 heterocycles. The van der Waals surface area contributed by atoms with Crippen LogP contribution in [0.25, 0.3) is 0 Å². The van der Waals surface area contributed by atoms with E-state index in [0.29, 0.717) is 0 Å². The monoisotopic (exact) mass is 326 g/mol. The molecule has 0 aromatic heterocycles. The van der Waals surface area contributed by atoms with Crippen molar-refractivity contribution in [3.8, 4) is 0 Å². The van der Waals surface area contributed by atoms with E-state index in [-0.39, 0.29) is 18.2 Å². The highest BCUT2D eigenvalue weighted by Gasteiger charge is 2.23. The Morgan fingerprint density at radius 1 is 1.13 bits per heavy atom. The second-order valence-corrected chi connectivity index (χ2v) is 5.76. The number of benzene rings is 1. The van der Waals surface area contributed by atoms with Crippen molar-refractivity contribution in [2.24, 2.45) is 5.92 Å². The van der Waals surface area contributed by atoms with Crippen LogP contribution >= 0.6 is 0 Å². The summed E-state index contributed by atoms with van der Waals surface area (Å²) in [6.45, 7) is -0.00526. The molecule has 3 N–H and O–H groups in total. The Morgan fingerprint density at radius 2 is 1.83 bits per heavy atom. The van der Waals surface area contributed by atoms with Crippen molar-refractivity contribution in [1.82, 2.24) is 5.32 Å². The fraction of sp³-hybridized carbons (Fsp3) is 0.500. The molecule has 23 heavy (non-hydrogen) atoms. The number of anilines is 1. The second-order valence-electron chi connectivity index (χ2n) is 5.76. The molecular weight excluding hydrogens is 306 g/mol. The number of carbonyl (C=O) groups is 2. The lowest BCUT2D eigenvalue weighted by molar-refractivity contribution is -0.136. The fourth-order valence-electron chi connectivity index (χ4n) is 2.72. The van der Waals surface area contributed by atoms with Gasteiger partial charge in [0, 0.05) is 18.3 Å². The molecule has 0 bridgehead atoms. The number of nitrogens with one attached hydrogen (secondary N) is 2. The van der Waals surface area contributed by atoms with E-state index in [1.807, 2.05) is 0 Å². The topological polar surface area (TPSA) is 78.4 Å². The Labute approximate surface area is 133 Å². The smallest absolute Gasteiger partial charge is 0.313 e. The maximum absolute atomic E-state index is 13.0. The van der Waals surface area contributed by atoms with Crippen LogP contribution in [0.2, 0.25) is 0 Å². The predicted octanol–water partition coefficient (Wildman–Crippen LogP) is 1.96. The van der Waals surface area contributed by atoms with Gasteiger partial charge in [-0.3, -0.25) is 9.59 Å². The van der Waals surface area contributed by atoms with E-state index < -0.39 is 29.6 Å². The summed E-state index contributed by atoms with van der Waals surface area (Å²) < 4.78 is 25.8. The molecule has 0 aliphatic heterocycles. The molecule has 1 aliphatic carbocycles. The summed E-state index contributed by atoms with van der Waals surface area (Å²) in [7, 11) is 0. The number of rotatable bonds is 4. The average Bonchev–Trinajstić information content (AvgIpc) is 2.56. The summed E-state index contributed by atoms with van der Waals surface area (Å²) in [6, 6.07) is 2.80. The molecule has 2 amide bonds. The van der Waals surface area contributed by atoms with Crippen LogP contribution in [0, 0.1) is 17.6 Å². The minimum atomic E-state index is -1.11. The van der Waals surface area contributed by atoms with Crippen molar-refractivity contribution >= 4 is 17.5 Å². The predicted molar refractivity (Wildman–Crippen MR) is 80.6 cm³/mol. The number of hydrogen-bond donors (Lipinski definition) is 3. The molecule has 0 saturated heterocycles. The van der Waals surface area contributed by atoms with E-state index in [1.54, 1.807) is 0 Å². The van der Waals surface area contributed by atoms with E-state index in [1.165, 1.54) is 0 Å². The molecular formula is C16H20F2N2O3. The highest BCUT2D eigenvalue weighted by Crippen LogP contribution is 2.26. The summed E-state index contributed by atoms with van der Waals surface area (Å²) in [5, 5.41) is 14.6. The SMILES string of the molecule is O=C(NC[C@@H](O)C1CCCCC1)C(=O)Nc1ccc(F)c(F)c1. The lowest BCUT2D eigenvalue weighted by Crippen LogP contribution is -2.42. The Morgan fingerprint density at radius 3 is 2.48 bits per heavy atom. The third-order valence-corrected chi connectivity index (χ3v) is 4.05. The van der Waals surface area contributed by atoms with Crippen molar-refractivity contribution in [3.63, 3.8) is 0 Å². The van der Waals surface area contributed by atoms with Gasteiger partial charge >= 0.3 is 11.8 Å². The Kier molecular flexibility index (Phi) is 6.04. The van der Waals surface area contributed by atoms with Crippen molar-refractivity contribution in [2.45, 2.75) is 38.2 Å². The maximum atomic E-state index is 13.0. The number of carbonyl (C=O) groups excluding carboxylic acids is 2. The molecule has 5 nitrogen and oxygen atoms in total. The van der Waals surface area contributed by atoms with Gasteiger partial charge in [0.15, 0.2) is 11.6 Å². The molecule has 1 aromatic rings. The van der Waals surface area contributed by atoms with Gasteiger partial charge < -0.3 is 15.7 Å². The zero-order valence-electron chi connectivity index (χ0n) is 12.6. The highest BCUT2D eigenvalue weighted by atomic mass is 19.2. The first kappa shape index (κ1) is 17.3. The van der Waals surface area contributed by atoms with Gasteiger partial charge in [0.25, 0.3) is 0 Å². The van der Waals surface area contributed by atoms with Gasteiger partial charge in [-0.25, -0.2) is 8.78 Å². The number of halogens is 2. The molecule has 1 aliphatic rings. The second kappa shape index (κ2) is 8.01. The van der Waals surface area contributed by atoms with Gasteiger partial charge in [-0.1, -0.05) is 19.3 Å². The van der Waals surface area contributed by atoms with Gasteiger partial charge in [0.1, 0.15) is 0 Å². The quantitative estimate of drug-likeness (QED) is 0.740. The van der Waals surface area contributed by atoms with Crippen LogP contribution in [0.1, 0.15) is 32.1 Å². The minimum absolute atomic E-state index is 0.00526. The Bertz CT molecular complexity index is 574. The van der Waals surface area contributed by atoms with Gasteiger partial charge in [0.2, 0.25) is 0 Å². The van der Waals surface area contributed by atoms with Crippen LogP contribution in [0.4, 0.5) is 14.5 Å². The zero-order valence-corrected chi connectivity index (χ0v) is 12.6. The first-order valence-electron chi connectivity index (χ1n) is 7.69. The normalized spacial score (nSPS) is 16.7. The van der Waals surface area contributed by atoms with Gasteiger partial charge in [-0.2, -0.15) is 0 Å². The highest BCUT2D eigenvalue weighted by molar-refractivity contribution is 6.39.